The van der Waals surface area contributed by atoms with Crippen molar-refractivity contribution in [1.29, 1.82) is 0 Å². The second-order valence-corrected chi connectivity index (χ2v) is 4.34. The maximum atomic E-state index is 12.1. The summed E-state index contributed by atoms with van der Waals surface area (Å²) in [7, 11) is 0. The third-order valence-corrected chi connectivity index (χ3v) is 3.25. The maximum absolute atomic E-state index is 12.1. The first-order chi connectivity index (χ1) is 7.66. The van der Waals surface area contributed by atoms with E-state index in [-0.39, 0.29) is 17.9 Å². The zero-order chi connectivity index (χ0) is 11.3. The largest absolute Gasteiger partial charge is 0.326 e. The Labute approximate surface area is 93.2 Å². The van der Waals surface area contributed by atoms with E-state index in [4.69, 9.17) is 0 Å². The van der Waals surface area contributed by atoms with Crippen LogP contribution >= 0.6 is 0 Å². The second-order valence-electron chi connectivity index (χ2n) is 4.34. The van der Waals surface area contributed by atoms with Crippen LogP contribution < -0.4 is 5.32 Å². The van der Waals surface area contributed by atoms with E-state index in [0.29, 0.717) is 17.8 Å². The molecule has 16 heavy (non-hydrogen) atoms. The number of nitrogens with one attached hydrogen (secondary N) is 1. The molecule has 4 heteroatoms. The van der Waals surface area contributed by atoms with Crippen LogP contribution in [0.1, 0.15) is 22.3 Å². The molecule has 0 radical (unpaired) electrons. The van der Waals surface area contributed by atoms with Gasteiger partial charge in [-0.15, -0.1) is 0 Å². The summed E-state index contributed by atoms with van der Waals surface area (Å²) in [6.07, 6.45) is 0.768. The fourth-order valence-electron chi connectivity index (χ4n) is 2.22. The minimum Gasteiger partial charge on any atom is -0.326 e. The van der Waals surface area contributed by atoms with Crippen LogP contribution in [0.15, 0.2) is 18.2 Å². The Kier molecular flexibility index (Phi) is 1.80. The molecule has 0 aromatic heterocycles. The summed E-state index contributed by atoms with van der Waals surface area (Å²) in [5.74, 6) is -0.101. The number of amides is 2. The summed E-state index contributed by atoms with van der Waals surface area (Å²) in [5, 5.41) is 2.81. The number of anilines is 1. The summed E-state index contributed by atoms with van der Waals surface area (Å²) in [6.45, 7) is 2.62. The molecule has 0 unspecified atom stereocenters. The molecule has 4 nitrogen and oxygen atoms in total. The molecule has 1 saturated heterocycles. The fourth-order valence-corrected chi connectivity index (χ4v) is 2.22. The van der Waals surface area contributed by atoms with Gasteiger partial charge < -0.3 is 10.2 Å². The van der Waals surface area contributed by atoms with Gasteiger partial charge in [-0.2, -0.15) is 0 Å². The lowest BCUT2D eigenvalue weighted by Crippen LogP contribution is -2.55. The smallest absolute Gasteiger partial charge is 0.256 e. The van der Waals surface area contributed by atoms with Crippen LogP contribution in [0.5, 0.6) is 0 Å². The van der Waals surface area contributed by atoms with Crippen molar-refractivity contribution >= 4 is 17.5 Å². The Morgan fingerprint density at radius 3 is 2.88 bits per heavy atom. The van der Waals surface area contributed by atoms with E-state index in [1.807, 2.05) is 19.1 Å². The normalized spacial score (nSPS) is 22.8. The minimum absolute atomic E-state index is 0.0340. The first-order valence-electron chi connectivity index (χ1n) is 5.39. The zero-order valence-electron chi connectivity index (χ0n) is 8.99. The lowest BCUT2D eigenvalue weighted by Gasteiger charge is -2.37. The predicted octanol–water partition coefficient (Wildman–Crippen LogP) is 1.16. The highest BCUT2D eigenvalue weighted by Crippen LogP contribution is 2.29. The summed E-state index contributed by atoms with van der Waals surface area (Å²) in [6, 6.07) is 5.26. The summed E-state index contributed by atoms with van der Waals surface area (Å²) >= 11 is 0. The number of rotatable bonds is 0. The summed E-state index contributed by atoms with van der Waals surface area (Å²) < 4.78 is 0. The molecule has 1 aromatic rings. The van der Waals surface area contributed by atoms with Gasteiger partial charge in [0.2, 0.25) is 5.91 Å². The molecule has 0 saturated carbocycles. The van der Waals surface area contributed by atoms with Gasteiger partial charge in [0.05, 0.1) is 11.3 Å². The van der Waals surface area contributed by atoms with Crippen LogP contribution in [0, 0.1) is 6.92 Å². The van der Waals surface area contributed by atoms with Crippen molar-refractivity contribution in [2.24, 2.45) is 0 Å². The van der Waals surface area contributed by atoms with Crippen molar-refractivity contribution in [2.75, 3.05) is 11.9 Å². The standard InChI is InChI=1S/C12H12N2O2/c1-7-2-3-9-8(6-7)12(16)14-5-4-10(14)11(15)13-9/h2-3,6,10H,4-5H2,1H3,(H,13,15)/t10-/m0/s1. The molecule has 0 bridgehead atoms. The number of hydrogen-bond acceptors (Lipinski definition) is 2. The number of aryl methyl sites for hydroxylation is 1. The maximum Gasteiger partial charge on any atom is 0.256 e. The van der Waals surface area contributed by atoms with E-state index in [9.17, 15) is 9.59 Å². The van der Waals surface area contributed by atoms with E-state index in [1.165, 1.54) is 0 Å². The number of carbonyl (C=O) groups excluding carboxylic acids is 2. The SMILES string of the molecule is Cc1ccc2c(c1)C(=O)N1CC[C@H]1C(=O)N2. The molecule has 1 N–H and O–H groups in total. The lowest BCUT2D eigenvalue weighted by molar-refractivity contribution is -0.123. The average molecular weight is 216 g/mol. The van der Waals surface area contributed by atoms with Crippen molar-refractivity contribution in [3.05, 3.63) is 29.3 Å². The topological polar surface area (TPSA) is 49.4 Å². The molecule has 1 atom stereocenters. The van der Waals surface area contributed by atoms with Crippen molar-refractivity contribution in [3.8, 4) is 0 Å². The highest BCUT2D eigenvalue weighted by Gasteiger charge is 2.41. The first kappa shape index (κ1) is 9.39. The lowest BCUT2D eigenvalue weighted by atomic mass is 10.0. The van der Waals surface area contributed by atoms with Gasteiger partial charge in [-0.05, 0) is 25.5 Å². The molecule has 2 aliphatic heterocycles. The summed E-state index contributed by atoms with van der Waals surface area (Å²) in [4.78, 5) is 25.5. The van der Waals surface area contributed by atoms with Gasteiger partial charge in [0.25, 0.3) is 5.91 Å². The molecule has 2 heterocycles. The molecule has 1 fully saturated rings. The summed E-state index contributed by atoms with van der Waals surface area (Å²) in [5.41, 5.74) is 2.27. The number of fused-ring (bicyclic) bond motifs is 2. The van der Waals surface area contributed by atoms with Gasteiger partial charge in [-0.1, -0.05) is 11.6 Å². The van der Waals surface area contributed by atoms with Crippen molar-refractivity contribution < 1.29 is 9.59 Å². The van der Waals surface area contributed by atoms with Crippen LogP contribution in [0.4, 0.5) is 5.69 Å². The molecule has 82 valence electrons. The molecule has 3 rings (SSSR count). The van der Waals surface area contributed by atoms with Gasteiger partial charge in [-0.25, -0.2) is 0 Å². The first-order valence-corrected chi connectivity index (χ1v) is 5.39. The number of carbonyl (C=O) groups is 2. The van der Waals surface area contributed by atoms with Crippen LogP contribution in [0.2, 0.25) is 0 Å². The molecule has 2 amide bonds. The van der Waals surface area contributed by atoms with Gasteiger partial charge in [-0.3, -0.25) is 9.59 Å². The Hall–Kier alpha value is -1.84. The van der Waals surface area contributed by atoms with E-state index < -0.39 is 0 Å². The van der Waals surface area contributed by atoms with E-state index in [2.05, 4.69) is 5.32 Å². The number of hydrogen-bond donors (Lipinski definition) is 1. The Bertz CT molecular complexity index is 496. The minimum atomic E-state index is -0.264. The van der Waals surface area contributed by atoms with E-state index in [0.717, 1.165) is 12.0 Å². The molecule has 1 aromatic carbocycles. The second kappa shape index (κ2) is 3.07. The van der Waals surface area contributed by atoms with Crippen molar-refractivity contribution in [3.63, 3.8) is 0 Å². The number of nitrogens with zero attached hydrogens (tertiary/aromatic N) is 1. The average Bonchev–Trinajstić information content (AvgIpc) is 2.23. The fraction of sp³-hybridized carbons (Fsp3) is 0.333. The van der Waals surface area contributed by atoms with Crippen LogP contribution in [0.25, 0.3) is 0 Å². The molecule has 0 spiro atoms. The van der Waals surface area contributed by atoms with E-state index in [1.54, 1.807) is 11.0 Å². The van der Waals surface area contributed by atoms with Gasteiger partial charge >= 0.3 is 0 Å². The van der Waals surface area contributed by atoms with Gasteiger partial charge in [0.1, 0.15) is 6.04 Å². The zero-order valence-corrected chi connectivity index (χ0v) is 8.99. The quantitative estimate of drug-likeness (QED) is 0.707. The van der Waals surface area contributed by atoms with Gasteiger partial charge in [0, 0.05) is 6.54 Å². The van der Waals surface area contributed by atoms with Crippen LogP contribution in [-0.2, 0) is 4.79 Å². The monoisotopic (exact) mass is 216 g/mol. The molecular formula is C12H12N2O2. The van der Waals surface area contributed by atoms with Crippen LogP contribution in [0.3, 0.4) is 0 Å². The van der Waals surface area contributed by atoms with Crippen molar-refractivity contribution in [1.82, 2.24) is 4.90 Å². The van der Waals surface area contributed by atoms with Crippen LogP contribution in [-0.4, -0.2) is 29.3 Å². The van der Waals surface area contributed by atoms with Crippen molar-refractivity contribution in [2.45, 2.75) is 19.4 Å². The number of benzene rings is 1. The van der Waals surface area contributed by atoms with E-state index >= 15 is 0 Å². The van der Waals surface area contributed by atoms with Gasteiger partial charge in [0.15, 0.2) is 0 Å². The third-order valence-electron chi connectivity index (χ3n) is 3.25. The highest BCUT2D eigenvalue weighted by molar-refractivity contribution is 6.10. The highest BCUT2D eigenvalue weighted by atomic mass is 16.2. The predicted molar refractivity (Wildman–Crippen MR) is 59.3 cm³/mol. The molecular weight excluding hydrogens is 204 g/mol. The molecule has 2 aliphatic rings. The third kappa shape index (κ3) is 1.16. The molecule has 0 aliphatic carbocycles. The Morgan fingerprint density at radius 2 is 2.19 bits per heavy atom. The Balaban J connectivity index is 2.13. The Morgan fingerprint density at radius 1 is 1.38 bits per heavy atom.